The lowest BCUT2D eigenvalue weighted by molar-refractivity contribution is -0.136. The van der Waals surface area contributed by atoms with E-state index in [0.717, 1.165) is 18.4 Å². The first-order chi connectivity index (χ1) is 10.5. The zero-order chi connectivity index (χ0) is 16.1. The highest BCUT2D eigenvalue weighted by atomic mass is 16.2. The summed E-state index contributed by atoms with van der Waals surface area (Å²) in [7, 11) is 1.84. The van der Waals surface area contributed by atoms with Crippen LogP contribution in [0.2, 0.25) is 0 Å². The molecule has 5 heteroatoms. The normalized spacial score (nSPS) is 17.1. The van der Waals surface area contributed by atoms with Crippen molar-refractivity contribution in [1.29, 1.82) is 0 Å². The third-order valence-electron chi connectivity index (χ3n) is 4.44. The smallest absolute Gasteiger partial charge is 0.253 e. The van der Waals surface area contributed by atoms with Gasteiger partial charge in [0, 0.05) is 44.2 Å². The van der Waals surface area contributed by atoms with Crippen molar-refractivity contribution in [3.8, 4) is 0 Å². The molecule has 2 rings (SSSR count). The molecule has 5 nitrogen and oxygen atoms in total. The fourth-order valence-corrected chi connectivity index (χ4v) is 2.85. The Balaban J connectivity index is 1.90. The van der Waals surface area contributed by atoms with Crippen LogP contribution in [0.4, 0.5) is 0 Å². The van der Waals surface area contributed by atoms with Crippen LogP contribution in [0, 0.1) is 5.92 Å². The van der Waals surface area contributed by atoms with Gasteiger partial charge in [-0.25, -0.2) is 0 Å². The minimum atomic E-state index is -0.144. The highest BCUT2D eigenvalue weighted by molar-refractivity contribution is 5.94. The van der Waals surface area contributed by atoms with Crippen molar-refractivity contribution in [3.05, 3.63) is 35.9 Å². The van der Waals surface area contributed by atoms with E-state index < -0.39 is 0 Å². The number of rotatable bonds is 4. The maximum atomic E-state index is 12.4. The van der Waals surface area contributed by atoms with E-state index in [1.165, 1.54) is 0 Å². The monoisotopic (exact) mass is 303 g/mol. The van der Waals surface area contributed by atoms with E-state index in [9.17, 15) is 9.59 Å². The van der Waals surface area contributed by atoms with E-state index in [1.807, 2.05) is 54.1 Å². The number of hydrogen-bond donors (Lipinski definition) is 1. The van der Waals surface area contributed by atoms with Gasteiger partial charge in [-0.2, -0.15) is 0 Å². The Kier molecular flexibility index (Phi) is 5.55. The molecule has 2 amide bonds. The maximum Gasteiger partial charge on any atom is 0.253 e. The minimum Gasteiger partial charge on any atom is -0.342 e. The van der Waals surface area contributed by atoms with Crippen molar-refractivity contribution in [3.63, 3.8) is 0 Å². The van der Waals surface area contributed by atoms with Crippen molar-refractivity contribution < 1.29 is 9.59 Å². The Morgan fingerprint density at radius 2 is 1.86 bits per heavy atom. The van der Waals surface area contributed by atoms with Gasteiger partial charge < -0.3 is 15.5 Å². The molecule has 0 spiro atoms. The molecule has 1 saturated heterocycles. The Morgan fingerprint density at radius 3 is 2.41 bits per heavy atom. The van der Waals surface area contributed by atoms with Gasteiger partial charge in [0.25, 0.3) is 5.91 Å². The summed E-state index contributed by atoms with van der Waals surface area (Å²) in [4.78, 5) is 28.2. The van der Waals surface area contributed by atoms with Crippen LogP contribution in [0.5, 0.6) is 0 Å². The number of benzene rings is 1. The lowest BCUT2D eigenvalue weighted by atomic mass is 10.0. The van der Waals surface area contributed by atoms with Crippen molar-refractivity contribution in [2.24, 2.45) is 11.7 Å². The molecule has 120 valence electrons. The molecule has 0 saturated carbocycles. The van der Waals surface area contributed by atoms with Crippen LogP contribution in [0.15, 0.2) is 30.3 Å². The van der Waals surface area contributed by atoms with Gasteiger partial charge in [0.15, 0.2) is 0 Å². The predicted octanol–water partition coefficient (Wildman–Crippen LogP) is 1.34. The topological polar surface area (TPSA) is 66.6 Å². The molecule has 0 aliphatic carbocycles. The van der Waals surface area contributed by atoms with Crippen LogP contribution in [0.1, 0.15) is 30.1 Å². The number of carbonyl (C=O) groups is 2. The van der Waals surface area contributed by atoms with Gasteiger partial charge >= 0.3 is 0 Å². The summed E-state index contributed by atoms with van der Waals surface area (Å²) in [6.07, 6.45) is 1.64. The number of nitrogens with two attached hydrogens (primary N) is 1. The number of likely N-dealkylation sites (tertiary alicyclic amines) is 1. The van der Waals surface area contributed by atoms with E-state index >= 15 is 0 Å². The fourth-order valence-electron chi connectivity index (χ4n) is 2.85. The second kappa shape index (κ2) is 7.40. The van der Waals surface area contributed by atoms with Crippen LogP contribution >= 0.6 is 0 Å². The SMILES string of the molecule is CC(CN)C(=O)N(C)C1CCN(C(=O)c2ccccc2)CC1. The van der Waals surface area contributed by atoms with Crippen LogP contribution in [0.3, 0.4) is 0 Å². The van der Waals surface area contributed by atoms with Crippen LogP contribution in [-0.4, -0.2) is 54.3 Å². The summed E-state index contributed by atoms with van der Waals surface area (Å²) in [5.41, 5.74) is 6.29. The molecular formula is C17H25N3O2. The molecule has 2 N–H and O–H groups in total. The van der Waals surface area contributed by atoms with Gasteiger partial charge in [-0.05, 0) is 25.0 Å². The largest absolute Gasteiger partial charge is 0.342 e. The lowest BCUT2D eigenvalue weighted by Gasteiger charge is -2.37. The van der Waals surface area contributed by atoms with Gasteiger partial charge in [0.05, 0.1) is 0 Å². The van der Waals surface area contributed by atoms with Gasteiger partial charge in [0.2, 0.25) is 5.91 Å². The summed E-state index contributed by atoms with van der Waals surface area (Å²) in [5.74, 6) is 0.0210. The molecule has 0 aromatic heterocycles. The third kappa shape index (κ3) is 3.65. The van der Waals surface area contributed by atoms with E-state index in [1.54, 1.807) is 0 Å². The summed E-state index contributed by atoms with van der Waals surface area (Å²) < 4.78 is 0. The number of amides is 2. The standard InChI is InChI=1S/C17H25N3O2/c1-13(12-18)16(21)19(2)15-8-10-20(11-9-15)17(22)14-6-4-3-5-7-14/h3-7,13,15H,8-12,18H2,1-2H3. The first-order valence-electron chi connectivity index (χ1n) is 7.85. The van der Waals surface area contributed by atoms with E-state index in [-0.39, 0.29) is 23.8 Å². The van der Waals surface area contributed by atoms with Crippen molar-refractivity contribution >= 4 is 11.8 Å². The Bertz CT molecular complexity index is 510. The molecule has 1 unspecified atom stereocenters. The molecule has 1 atom stereocenters. The average Bonchev–Trinajstić information content (AvgIpc) is 2.60. The third-order valence-corrected chi connectivity index (χ3v) is 4.44. The highest BCUT2D eigenvalue weighted by Crippen LogP contribution is 2.19. The van der Waals surface area contributed by atoms with Crippen LogP contribution in [0.25, 0.3) is 0 Å². The van der Waals surface area contributed by atoms with Gasteiger partial charge in [0.1, 0.15) is 0 Å². The van der Waals surface area contributed by atoms with E-state index in [0.29, 0.717) is 19.6 Å². The molecule has 1 heterocycles. The van der Waals surface area contributed by atoms with Crippen molar-refractivity contribution in [2.45, 2.75) is 25.8 Å². The van der Waals surface area contributed by atoms with Crippen molar-refractivity contribution in [2.75, 3.05) is 26.7 Å². The summed E-state index contributed by atoms with van der Waals surface area (Å²) in [6.45, 7) is 3.60. The molecule has 1 aliphatic heterocycles. The first kappa shape index (κ1) is 16.5. The molecule has 0 bridgehead atoms. The van der Waals surface area contributed by atoms with Gasteiger partial charge in [-0.1, -0.05) is 25.1 Å². The molecule has 1 aliphatic rings. The number of carbonyl (C=O) groups excluding carboxylic acids is 2. The quantitative estimate of drug-likeness (QED) is 0.913. The molecule has 22 heavy (non-hydrogen) atoms. The predicted molar refractivity (Wildman–Crippen MR) is 86.4 cm³/mol. The number of hydrogen-bond acceptors (Lipinski definition) is 3. The summed E-state index contributed by atoms with van der Waals surface area (Å²) in [5, 5.41) is 0. The van der Waals surface area contributed by atoms with Crippen molar-refractivity contribution in [1.82, 2.24) is 9.80 Å². The number of nitrogens with zero attached hydrogens (tertiary/aromatic N) is 2. The lowest BCUT2D eigenvalue weighted by Crippen LogP contribution is -2.49. The zero-order valence-corrected chi connectivity index (χ0v) is 13.4. The summed E-state index contributed by atoms with van der Waals surface area (Å²) >= 11 is 0. The Labute approximate surface area is 132 Å². The van der Waals surface area contributed by atoms with Crippen LogP contribution < -0.4 is 5.73 Å². The van der Waals surface area contributed by atoms with Gasteiger partial charge in [-0.15, -0.1) is 0 Å². The number of piperidine rings is 1. The zero-order valence-electron chi connectivity index (χ0n) is 13.4. The maximum absolute atomic E-state index is 12.4. The second-order valence-corrected chi connectivity index (χ2v) is 5.98. The molecule has 1 aromatic carbocycles. The summed E-state index contributed by atoms with van der Waals surface area (Å²) in [6, 6.07) is 9.53. The van der Waals surface area contributed by atoms with E-state index in [4.69, 9.17) is 5.73 Å². The van der Waals surface area contributed by atoms with Gasteiger partial charge in [-0.3, -0.25) is 9.59 Å². The van der Waals surface area contributed by atoms with Crippen LogP contribution in [-0.2, 0) is 4.79 Å². The Hall–Kier alpha value is -1.88. The fraction of sp³-hybridized carbons (Fsp3) is 0.529. The first-order valence-corrected chi connectivity index (χ1v) is 7.85. The Morgan fingerprint density at radius 1 is 1.27 bits per heavy atom. The molecule has 1 aromatic rings. The molecular weight excluding hydrogens is 278 g/mol. The molecule has 1 fully saturated rings. The minimum absolute atomic E-state index is 0.0726. The average molecular weight is 303 g/mol. The second-order valence-electron chi connectivity index (χ2n) is 5.98. The van der Waals surface area contributed by atoms with E-state index in [2.05, 4.69) is 0 Å². The highest BCUT2D eigenvalue weighted by Gasteiger charge is 2.29. The molecule has 0 radical (unpaired) electrons.